The molecule has 0 heterocycles. The molecule has 5 rings (SSSR count). The number of carbonyl (C=O) groups is 2. The van der Waals surface area contributed by atoms with Crippen molar-refractivity contribution >= 4 is 11.8 Å². The minimum Gasteiger partial charge on any atom is -0.461 e. The maximum Gasteiger partial charge on any atom is 0.338 e. The Bertz CT molecular complexity index is 1290. The van der Waals surface area contributed by atoms with Crippen LogP contribution < -0.4 is 0 Å². The van der Waals surface area contributed by atoms with Crippen molar-refractivity contribution < 1.29 is 14.3 Å². The summed E-state index contributed by atoms with van der Waals surface area (Å²) in [5.41, 5.74) is 5.01. The SMILES string of the molecule is CCCCCC1CCC(c2ccc(C(=O)OCC(CC(=O)c3ccc(C4CCC(C)CC4)cc3)c3ccccc3)cc2)CC1. The highest BCUT2D eigenvalue weighted by atomic mass is 16.5. The molecule has 3 aromatic rings. The third-order valence-corrected chi connectivity index (χ3v) is 10.5. The summed E-state index contributed by atoms with van der Waals surface area (Å²) in [6.07, 6.45) is 15.9. The fraction of sp³-hybridized carbons (Fsp3) is 0.512. The van der Waals surface area contributed by atoms with Gasteiger partial charge in [0.05, 0.1) is 12.2 Å². The summed E-state index contributed by atoms with van der Waals surface area (Å²) in [5.74, 6) is 2.48. The second kappa shape index (κ2) is 16.2. The summed E-state index contributed by atoms with van der Waals surface area (Å²) >= 11 is 0. The van der Waals surface area contributed by atoms with E-state index in [1.54, 1.807) is 0 Å². The molecule has 3 aromatic carbocycles. The molecule has 0 radical (unpaired) electrons. The first-order chi connectivity index (χ1) is 21.5. The number of benzene rings is 3. The maximum atomic E-state index is 13.4. The van der Waals surface area contributed by atoms with E-state index in [0.29, 0.717) is 23.8 Å². The van der Waals surface area contributed by atoms with Crippen LogP contribution in [-0.4, -0.2) is 18.4 Å². The molecule has 0 N–H and O–H groups in total. The van der Waals surface area contributed by atoms with Crippen molar-refractivity contribution in [1.82, 2.24) is 0 Å². The molecule has 2 fully saturated rings. The molecule has 44 heavy (non-hydrogen) atoms. The number of hydrogen-bond acceptors (Lipinski definition) is 3. The molecule has 0 aromatic heterocycles. The average molecular weight is 593 g/mol. The number of rotatable bonds is 13. The van der Waals surface area contributed by atoms with Crippen molar-refractivity contribution in [2.75, 3.05) is 6.61 Å². The number of ether oxygens (including phenoxy) is 1. The van der Waals surface area contributed by atoms with Gasteiger partial charge in [-0.25, -0.2) is 4.79 Å². The monoisotopic (exact) mass is 592 g/mol. The fourth-order valence-corrected chi connectivity index (χ4v) is 7.49. The summed E-state index contributed by atoms with van der Waals surface area (Å²) in [4.78, 5) is 26.5. The van der Waals surface area contributed by atoms with Crippen LogP contribution in [0.5, 0.6) is 0 Å². The normalized spacial score (nSPS) is 22.7. The van der Waals surface area contributed by atoms with Gasteiger partial charge in [-0.3, -0.25) is 4.79 Å². The van der Waals surface area contributed by atoms with Crippen LogP contribution in [0.4, 0.5) is 0 Å². The molecule has 3 heteroatoms. The van der Waals surface area contributed by atoms with Crippen molar-refractivity contribution in [3.05, 3.63) is 107 Å². The number of hydrogen-bond donors (Lipinski definition) is 0. The first-order valence-electron chi connectivity index (χ1n) is 17.4. The van der Waals surface area contributed by atoms with Crippen molar-refractivity contribution in [3.8, 4) is 0 Å². The first kappa shape index (κ1) is 32.2. The predicted octanol–water partition coefficient (Wildman–Crippen LogP) is 11.0. The number of Topliss-reactive ketones (excluding diaryl/α,β-unsaturated/α-hetero) is 1. The van der Waals surface area contributed by atoms with E-state index in [4.69, 9.17) is 4.74 Å². The Morgan fingerprint density at radius 2 is 1.27 bits per heavy atom. The van der Waals surface area contributed by atoms with Crippen LogP contribution in [0.15, 0.2) is 78.9 Å². The van der Waals surface area contributed by atoms with E-state index in [2.05, 4.69) is 38.1 Å². The Morgan fingerprint density at radius 3 is 1.86 bits per heavy atom. The van der Waals surface area contributed by atoms with Gasteiger partial charge in [0.15, 0.2) is 5.78 Å². The van der Waals surface area contributed by atoms with E-state index < -0.39 is 0 Å². The van der Waals surface area contributed by atoms with E-state index in [0.717, 1.165) is 23.0 Å². The molecule has 2 saturated carbocycles. The Hall–Kier alpha value is -3.20. The second-order valence-corrected chi connectivity index (χ2v) is 13.7. The molecule has 0 spiro atoms. The highest BCUT2D eigenvalue weighted by Gasteiger charge is 2.24. The van der Waals surface area contributed by atoms with Gasteiger partial charge in [0.25, 0.3) is 0 Å². The molecular formula is C41H52O3. The van der Waals surface area contributed by atoms with E-state index in [-0.39, 0.29) is 24.3 Å². The van der Waals surface area contributed by atoms with Gasteiger partial charge in [-0.1, -0.05) is 119 Å². The molecule has 2 aliphatic carbocycles. The molecular weight excluding hydrogens is 540 g/mol. The minimum absolute atomic E-state index is 0.0863. The topological polar surface area (TPSA) is 43.4 Å². The molecule has 1 atom stereocenters. The van der Waals surface area contributed by atoms with E-state index in [1.807, 2.05) is 54.6 Å². The molecule has 1 unspecified atom stereocenters. The highest BCUT2D eigenvalue weighted by molar-refractivity contribution is 5.96. The summed E-state index contributed by atoms with van der Waals surface area (Å²) in [7, 11) is 0. The quantitative estimate of drug-likeness (QED) is 0.113. The Balaban J connectivity index is 1.15. The maximum absolute atomic E-state index is 13.4. The molecule has 0 bridgehead atoms. The Kier molecular flexibility index (Phi) is 11.9. The molecule has 234 valence electrons. The van der Waals surface area contributed by atoms with Gasteiger partial charge in [-0.05, 0) is 91.0 Å². The lowest BCUT2D eigenvalue weighted by molar-refractivity contribution is 0.0470. The van der Waals surface area contributed by atoms with Crippen molar-refractivity contribution in [3.63, 3.8) is 0 Å². The van der Waals surface area contributed by atoms with Gasteiger partial charge >= 0.3 is 5.97 Å². The van der Waals surface area contributed by atoms with Crippen LogP contribution in [0.25, 0.3) is 0 Å². The third-order valence-electron chi connectivity index (χ3n) is 10.5. The molecule has 0 amide bonds. The summed E-state index contributed by atoms with van der Waals surface area (Å²) in [6.45, 7) is 4.79. The zero-order valence-electron chi connectivity index (χ0n) is 27.0. The highest BCUT2D eigenvalue weighted by Crippen LogP contribution is 2.38. The standard InChI is InChI=1S/C41H52O3/c1-3-4-6-9-31-14-18-34(19-15-31)36-22-26-38(27-23-36)41(43)44-29-39(32-10-7-5-8-11-32)28-40(42)37-24-20-35(21-25-37)33-16-12-30(2)13-17-33/h5,7-8,10-11,20-27,30-31,33-34,39H,3-4,6,9,12-19,28-29H2,1-2H3. The summed E-state index contributed by atoms with van der Waals surface area (Å²) in [5, 5.41) is 0. The Morgan fingerprint density at radius 1 is 0.705 bits per heavy atom. The van der Waals surface area contributed by atoms with Gasteiger partial charge < -0.3 is 4.74 Å². The van der Waals surface area contributed by atoms with E-state index in [9.17, 15) is 9.59 Å². The largest absolute Gasteiger partial charge is 0.461 e. The third kappa shape index (κ3) is 8.93. The molecule has 3 nitrogen and oxygen atoms in total. The number of ketones is 1. The molecule has 0 saturated heterocycles. The lowest BCUT2D eigenvalue weighted by Crippen LogP contribution is -2.17. The van der Waals surface area contributed by atoms with Crippen molar-refractivity contribution in [2.45, 2.75) is 115 Å². The molecule has 0 aliphatic heterocycles. The van der Waals surface area contributed by atoms with Crippen LogP contribution in [0.1, 0.15) is 152 Å². The lowest BCUT2D eigenvalue weighted by Gasteiger charge is -2.29. The first-order valence-corrected chi connectivity index (χ1v) is 17.4. The fourth-order valence-electron chi connectivity index (χ4n) is 7.49. The smallest absolute Gasteiger partial charge is 0.338 e. The zero-order valence-corrected chi connectivity index (χ0v) is 27.0. The minimum atomic E-state index is -0.323. The van der Waals surface area contributed by atoms with Crippen LogP contribution in [0.2, 0.25) is 0 Å². The van der Waals surface area contributed by atoms with E-state index in [1.165, 1.54) is 88.2 Å². The van der Waals surface area contributed by atoms with Gasteiger partial charge in [-0.2, -0.15) is 0 Å². The van der Waals surface area contributed by atoms with Crippen molar-refractivity contribution in [1.29, 1.82) is 0 Å². The average Bonchev–Trinajstić information content (AvgIpc) is 3.08. The second-order valence-electron chi connectivity index (χ2n) is 13.7. The van der Waals surface area contributed by atoms with Crippen LogP contribution >= 0.6 is 0 Å². The van der Waals surface area contributed by atoms with Crippen LogP contribution in [-0.2, 0) is 4.74 Å². The Labute approximate surface area is 265 Å². The van der Waals surface area contributed by atoms with Crippen LogP contribution in [0.3, 0.4) is 0 Å². The van der Waals surface area contributed by atoms with Crippen molar-refractivity contribution in [2.24, 2.45) is 11.8 Å². The van der Waals surface area contributed by atoms with E-state index >= 15 is 0 Å². The zero-order chi connectivity index (χ0) is 30.7. The van der Waals surface area contributed by atoms with Gasteiger partial charge in [0, 0.05) is 17.9 Å². The summed E-state index contributed by atoms with van der Waals surface area (Å²) < 4.78 is 5.84. The van der Waals surface area contributed by atoms with Gasteiger partial charge in [0.1, 0.15) is 0 Å². The van der Waals surface area contributed by atoms with Gasteiger partial charge in [0.2, 0.25) is 0 Å². The van der Waals surface area contributed by atoms with Gasteiger partial charge in [-0.15, -0.1) is 0 Å². The number of unbranched alkanes of at least 4 members (excludes halogenated alkanes) is 2. The predicted molar refractivity (Wildman–Crippen MR) is 181 cm³/mol. The molecule has 2 aliphatic rings. The lowest BCUT2D eigenvalue weighted by atomic mass is 9.77. The number of esters is 1. The van der Waals surface area contributed by atoms with Crippen LogP contribution in [0, 0.1) is 11.8 Å². The summed E-state index contributed by atoms with van der Waals surface area (Å²) in [6, 6.07) is 26.3. The number of carbonyl (C=O) groups excluding carboxylic acids is 2.